The average molecular weight is 406 g/mol. The van der Waals surface area contributed by atoms with E-state index in [0.29, 0.717) is 11.3 Å². The minimum Gasteiger partial charge on any atom is -0.435 e. The van der Waals surface area contributed by atoms with Crippen molar-refractivity contribution in [2.75, 3.05) is 5.32 Å². The summed E-state index contributed by atoms with van der Waals surface area (Å²) in [4.78, 5) is 25.0. The van der Waals surface area contributed by atoms with E-state index >= 15 is 0 Å². The van der Waals surface area contributed by atoms with Crippen molar-refractivity contribution in [3.8, 4) is 5.75 Å². The van der Waals surface area contributed by atoms with Crippen molar-refractivity contribution < 1.29 is 23.1 Å². The topological polar surface area (TPSA) is 82.7 Å². The first-order valence-corrected chi connectivity index (χ1v) is 8.55. The van der Waals surface area contributed by atoms with Gasteiger partial charge in [0.25, 0.3) is 5.91 Å². The summed E-state index contributed by atoms with van der Waals surface area (Å²) in [6.07, 6.45) is 0. The van der Waals surface area contributed by atoms with Gasteiger partial charge in [-0.05, 0) is 49.0 Å². The van der Waals surface area contributed by atoms with Crippen molar-refractivity contribution in [3.63, 3.8) is 0 Å². The van der Waals surface area contributed by atoms with Gasteiger partial charge in [0, 0.05) is 5.69 Å². The molecule has 146 valence electrons. The fourth-order valence-electron chi connectivity index (χ4n) is 2.69. The van der Waals surface area contributed by atoms with Crippen LogP contribution in [0, 0.1) is 0 Å². The monoisotopic (exact) mass is 406 g/mol. The number of hydrogen-bond acceptors (Lipinski definition) is 4. The van der Waals surface area contributed by atoms with Gasteiger partial charge >= 0.3 is 12.6 Å². The normalized spacial score (nSPS) is 18.8. The van der Waals surface area contributed by atoms with Gasteiger partial charge in [-0.3, -0.25) is 10.2 Å². The molecule has 0 saturated carbocycles. The lowest BCUT2D eigenvalue weighted by Gasteiger charge is -2.22. The predicted molar refractivity (Wildman–Crippen MR) is 102 cm³/mol. The van der Waals surface area contributed by atoms with Gasteiger partial charge in [0.05, 0.1) is 0 Å². The smallest absolute Gasteiger partial charge is 0.387 e. The highest BCUT2D eigenvalue weighted by Crippen LogP contribution is 2.27. The van der Waals surface area contributed by atoms with Crippen LogP contribution in [0.15, 0.2) is 54.6 Å². The molecule has 0 aliphatic carbocycles. The zero-order chi connectivity index (χ0) is 20.3. The minimum absolute atomic E-state index is 0.00727. The molecule has 0 radical (unpaired) electrons. The highest BCUT2D eigenvalue weighted by Gasteiger charge is 2.49. The van der Waals surface area contributed by atoms with E-state index in [1.807, 2.05) is 0 Å². The average Bonchev–Trinajstić information content (AvgIpc) is 2.88. The number of rotatable bonds is 5. The molecule has 1 aliphatic rings. The lowest BCUT2D eigenvalue weighted by atomic mass is 9.92. The molecule has 1 atom stereocenters. The zero-order valence-electron chi connectivity index (χ0n) is 14.6. The Labute approximate surface area is 164 Å². The van der Waals surface area contributed by atoms with E-state index in [0.717, 1.165) is 5.01 Å². The van der Waals surface area contributed by atoms with Crippen molar-refractivity contribution in [3.05, 3.63) is 60.2 Å². The number of ether oxygens (including phenoxy) is 1. The number of carbonyl (C=O) groups is 2. The number of hydrogen-bond donors (Lipinski definition) is 3. The third-order valence-electron chi connectivity index (χ3n) is 4.09. The molecule has 0 aromatic heterocycles. The molecule has 3 amide bonds. The highest BCUT2D eigenvalue weighted by atomic mass is 32.1. The van der Waals surface area contributed by atoms with Crippen LogP contribution in [0.2, 0.25) is 0 Å². The van der Waals surface area contributed by atoms with E-state index in [4.69, 9.17) is 12.2 Å². The quantitative estimate of drug-likeness (QED) is 0.523. The molecular weight excluding hydrogens is 390 g/mol. The number of benzene rings is 2. The van der Waals surface area contributed by atoms with Crippen LogP contribution in [0.1, 0.15) is 12.5 Å². The lowest BCUT2D eigenvalue weighted by Crippen LogP contribution is -2.49. The Hall–Kier alpha value is -3.27. The second kappa shape index (κ2) is 7.77. The Kier molecular flexibility index (Phi) is 5.41. The van der Waals surface area contributed by atoms with E-state index in [1.54, 1.807) is 37.3 Å². The first-order valence-electron chi connectivity index (χ1n) is 8.14. The molecule has 10 heteroatoms. The number of anilines is 1. The van der Waals surface area contributed by atoms with Crippen LogP contribution in [-0.4, -0.2) is 28.7 Å². The molecule has 1 aliphatic heterocycles. The van der Waals surface area contributed by atoms with Gasteiger partial charge in [-0.2, -0.15) is 13.8 Å². The molecule has 7 nitrogen and oxygen atoms in total. The van der Waals surface area contributed by atoms with Crippen LogP contribution < -0.4 is 20.8 Å². The molecule has 2 aromatic rings. The second-order valence-electron chi connectivity index (χ2n) is 6.03. The van der Waals surface area contributed by atoms with Gasteiger partial charge < -0.3 is 15.4 Å². The summed E-state index contributed by atoms with van der Waals surface area (Å²) in [5.41, 5.74) is 2.40. The van der Waals surface area contributed by atoms with E-state index < -0.39 is 24.1 Å². The maximum absolute atomic E-state index is 12.8. The Morgan fingerprint density at radius 2 is 1.79 bits per heavy atom. The van der Waals surface area contributed by atoms with Gasteiger partial charge in [0.1, 0.15) is 11.3 Å². The second-order valence-corrected chi connectivity index (χ2v) is 6.44. The molecule has 0 bridgehead atoms. The number of halogens is 2. The number of thiocarbonyl (C=S) groups is 1. The number of carbonyl (C=O) groups excluding carboxylic acids is 2. The maximum atomic E-state index is 12.8. The first-order chi connectivity index (χ1) is 13.3. The molecule has 3 rings (SSSR count). The van der Waals surface area contributed by atoms with Crippen LogP contribution in [0.25, 0.3) is 0 Å². The van der Waals surface area contributed by atoms with Crippen molar-refractivity contribution in [1.29, 1.82) is 0 Å². The van der Waals surface area contributed by atoms with Crippen LogP contribution in [0.4, 0.5) is 19.3 Å². The number of amides is 3. The van der Waals surface area contributed by atoms with Crippen molar-refractivity contribution >= 4 is 35.0 Å². The highest BCUT2D eigenvalue weighted by molar-refractivity contribution is 7.80. The van der Waals surface area contributed by atoms with Crippen molar-refractivity contribution in [1.82, 2.24) is 15.8 Å². The van der Waals surface area contributed by atoms with Crippen LogP contribution in [-0.2, 0) is 10.3 Å². The summed E-state index contributed by atoms with van der Waals surface area (Å²) in [6.45, 7) is -1.32. The van der Waals surface area contributed by atoms with E-state index in [1.165, 1.54) is 24.3 Å². The first kappa shape index (κ1) is 19.5. The molecule has 2 aromatic carbocycles. The third-order valence-corrected chi connectivity index (χ3v) is 4.29. The summed E-state index contributed by atoms with van der Waals surface area (Å²) in [7, 11) is 0. The van der Waals surface area contributed by atoms with Gasteiger partial charge in [-0.25, -0.2) is 4.79 Å². The molecule has 3 N–H and O–H groups in total. The van der Waals surface area contributed by atoms with E-state index in [-0.39, 0.29) is 10.9 Å². The third kappa shape index (κ3) is 4.01. The Morgan fingerprint density at radius 1 is 1.14 bits per heavy atom. The predicted octanol–water partition coefficient (Wildman–Crippen LogP) is 2.96. The molecular formula is C18H16F2N4O3S. The summed E-state index contributed by atoms with van der Waals surface area (Å²) >= 11 is 5.13. The SMILES string of the molecule is C[C@]1(c2ccccc2)NC(=O)N(NC(=S)Nc2ccc(OC(F)F)cc2)C1=O. The number of nitrogens with zero attached hydrogens (tertiary/aromatic N) is 1. The number of alkyl halides is 2. The number of hydrazine groups is 1. The summed E-state index contributed by atoms with van der Waals surface area (Å²) in [5, 5.41) is 6.17. The summed E-state index contributed by atoms with van der Waals surface area (Å²) in [5.74, 6) is -0.527. The Balaban J connectivity index is 1.65. The number of imide groups is 1. The molecule has 1 fully saturated rings. The van der Waals surface area contributed by atoms with Crippen LogP contribution in [0.5, 0.6) is 5.75 Å². The maximum Gasteiger partial charge on any atom is 0.387 e. The van der Waals surface area contributed by atoms with E-state index in [2.05, 4.69) is 20.8 Å². The molecule has 1 saturated heterocycles. The zero-order valence-corrected chi connectivity index (χ0v) is 15.4. The number of nitrogens with one attached hydrogen (secondary N) is 3. The lowest BCUT2D eigenvalue weighted by molar-refractivity contribution is -0.132. The van der Waals surface area contributed by atoms with Gasteiger partial charge in [-0.15, -0.1) is 0 Å². The van der Waals surface area contributed by atoms with Crippen molar-refractivity contribution in [2.45, 2.75) is 19.1 Å². The van der Waals surface area contributed by atoms with E-state index in [9.17, 15) is 18.4 Å². The number of urea groups is 1. The van der Waals surface area contributed by atoms with Gasteiger partial charge in [-0.1, -0.05) is 30.3 Å². The molecule has 1 heterocycles. The molecule has 28 heavy (non-hydrogen) atoms. The summed E-state index contributed by atoms with van der Waals surface area (Å²) < 4.78 is 28.6. The van der Waals surface area contributed by atoms with Gasteiger partial charge in [0.2, 0.25) is 0 Å². The standard InChI is InChI=1S/C18H16F2N4O3S/c1-18(11-5-3-2-4-6-11)14(25)24(17(26)22-18)23-16(28)21-12-7-9-13(10-8-12)27-15(19)20/h2-10,15H,1H3,(H,22,26)(H2,21,23,28)/t18-/m1/s1. The van der Waals surface area contributed by atoms with Crippen LogP contribution in [0.3, 0.4) is 0 Å². The van der Waals surface area contributed by atoms with Gasteiger partial charge in [0.15, 0.2) is 5.11 Å². The molecule has 0 unspecified atom stereocenters. The Bertz CT molecular complexity index is 895. The largest absolute Gasteiger partial charge is 0.435 e. The Morgan fingerprint density at radius 3 is 2.39 bits per heavy atom. The van der Waals surface area contributed by atoms with Crippen molar-refractivity contribution in [2.24, 2.45) is 0 Å². The minimum atomic E-state index is -2.92. The fourth-order valence-corrected chi connectivity index (χ4v) is 2.90. The molecule has 0 spiro atoms. The van der Waals surface area contributed by atoms with Crippen LogP contribution >= 0.6 is 12.2 Å². The fraction of sp³-hybridized carbons (Fsp3) is 0.167. The summed E-state index contributed by atoms with van der Waals surface area (Å²) in [6, 6.07) is 13.8.